The van der Waals surface area contributed by atoms with Crippen LogP contribution in [0.3, 0.4) is 0 Å². The van der Waals surface area contributed by atoms with Gasteiger partial charge in [-0.15, -0.1) is 9.24 Å². The molecule has 0 fully saturated rings. The van der Waals surface area contributed by atoms with E-state index in [1.165, 1.54) is 16.6 Å². The van der Waals surface area contributed by atoms with Gasteiger partial charge in [-0.2, -0.15) is 0 Å². The predicted molar refractivity (Wildman–Crippen MR) is 50.9 cm³/mol. The molecule has 58 valence electrons. The van der Waals surface area contributed by atoms with E-state index in [-0.39, 0.29) is 0 Å². The van der Waals surface area contributed by atoms with Crippen LogP contribution >= 0.6 is 9.24 Å². The first kappa shape index (κ1) is 9.71. The summed E-state index contributed by atoms with van der Waals surface area (Å²) in [5, 5.41) is 4.28. The Morgan fingerprint density at radius 2 is 2.10 bits per heavy atom. The van der Waals surface area contributed by atoms with Crippen LogP contribution in [0, 0.1) is 0 Å². The van der Waals surface area contributed by atoms with Gasteiger partial charge in [0.15, 0.2) is 0 Å². The Labute approximate surface area is 65.8 Å². The zero-order chi connectivity index (χ0) is 8.15. The van der Waals surface area contributed by atoms with Gasteiger partial charge in [0.2, 0.25) is 0 Å². The molecule has 0 aliphatic heterocycles. The highest BCUT2D eigenvalue weighted by Crippen LogP contribution is 2.20. The molecule has 2 heteroatoms. The summed E-state index contributed by atoms with van der Waals surface area (Å²) in [6.45, 7) is 8.07. The standard InChI is InChI=1S/C8H16NP/c1-5-6(2)8(10)7(3)9-4/h9H,2,5,10H2,1,3-4H3/b8-7+. The van der Waals surface area contributed by atoms with Crippen LogP contribution in [-0.4, -0.2) is 7.05 Å². The minimum absolute atomic E-state index is 1.01. The van der Waals surface area contributed by atoms with Crippen molar-refractivity contribution in [3.8, 4) is 0 Å². The average molecular weight is 157 g/mol. The van der Waals surface area contributed by atoms with E-state index in [2.05, 4.69) is 28.1 Å². The fourth-order valence-electron chi connectivity index (χ4n) is 0.590. The minimum Gasteiger partial charge on any atom is -0.391 e. The summed E-state index contributed by atoms with van der Waals surface area (Å²) in [6, 6.07) is 0. The Bertz CT molecular complexity index is 159. The highest BCUT2D eigenvalue weighted by Gasteiger charge is 1.96. The van der Waals surface area contributed by atoms with E-state index in [0.717, 1.165) is 6.42 Å². The van der Waals surface area contributed by atoms with Crippen molar-refractivity contribution in [3.05, 3.63) is 23.2 Å². The lowest BCUT2D eigenvalue weighted by Crippen LogP contribution is -2.03. The maximum Gasteiger partial charge on any atom is 0.0148 e. The van der Waals surface area contributed by atoms with Crippen LogP contribution in [0.25, 0.3) is 0 Å². The van der Waals surface area contributed by atoms with Gasteiger partial charge in [0.1, 0.15) is 0 Å². The number of nitrogens with one attached hydrogen (secondary N) is 1. The maximum atomic E-state index is 3.92. The van der Waals surface area contributed by atoms with Crippen LogP contribution in [0.15, 0.2) is 23.2 Å². The number of hydrogen-bond donors (Lipinski definition) is 1. The fraction of sp³-hybridized carbons (Fsp3) is 0.500. The van der Waals surface area contributed by atoms with E-state index in [1.54, 1.807) is 0 Å². The minimum atomic E-state index is 1.01. The molecule has 1 N–H and O–H groups in total. The zero-order valence-electron chi connectivity index (χ0n) is 6.99. The molecule has 0 radical (unpaired) electrons. The summed E-state index contributed by atoms with van der Waals surface area (Å²) in [5.41, 5.74) is 2.36. The van der Waals surface area contributed by atoms with Crippen molar-refractivity contribution >= 4 is 9.24 Å². The molecule has 0 aromatic rings. The van der Waals surface area contributed by atoms with Crippen molar-refractivity contribution in [2.75, 3.05) is 7.05 Å². The Balaban J connectivity index is 4.30. The third-order valence-electron chi connectivity index (χ3n) is 1.59. The molecule has 0 rings (SSSR count). The van der Waals surface area contributed by atoms with Crippen LogP contribution in [0.2, 0.25) is 0 Å². The second-order valence-electron chi connectivity index (χ2n) is 2.25. The van der Waals surface area contributed by atoms with Crippen molar-refractivity contribution in [2.45, 2.75) is 20.3 Å². The molecule has 0 saturated carbocycles. The van der Waals surface area contributed by atoms with Gasteiger partial charge < -0.3 is 5.32 Å². The largest absolute Gasteiger partial charge is 0.391 e. The second kappa shape index (κ2) is 4.51. The molecule has 1 nitrogen and oxygen atoms in total. The molecule has 0 aliphatic rings. The molecule has 0 heterocycles. The third kappa shape index (κ3) is 2.53. The molecule has 1 unspecified atom stereocenters. The highest BCUT2D eigenvalue weighted by atomic mass is 31.0. The Hall–Kier alpha value is -0.290. The number of hydrogen-bond acceptors (Lipinski definition) is 1. The Morgan fingerprint density at radius 3 is 2.40 bits per heavy atom. The first-order chi connectivity index (χ1) is 4.63. The lowest BCUT2D eigenvalue weighted by Gasteiger charge is -2.07. The zero-order valence-corrected chi connectivity index (χ0v) is 8.15. The van der Waals surface area contributed by atoms with Crippen LogP contribution in [0.5, 0.6) is 0 Å². The molecule has 0 spiro atoms. The van der Waals surface area contributed by atoms with E-state index in [9.17, 15) is 0 Å². The smallest absolute Gasteiger partial charge is 0.0148 e. The average Bonchev–Trinajstić information content (AvgIpc) is 2.00. The molecule has 0 aromatic heterocycles. The van der Waals surface area contributed by atoms with Crippen LogP contribution in [-0.2, 0) is 0 Å². The van der Waals surface area contributed by atoms with Crippen LogP contribution in [0.1, 0.15) is 20.3 Å². The number of allylic oxidation sites excluding steroid dienone is 3. The summed E-state index contributed by atoms with van der Waals surface area (Å²) in [4.78, 5) is 0. The molecule has 0 amide bonds. The van der Waals surface area contributed by atoms with Gasteiger partial charge in [-0.3, -0.25) is 0 Å². The molecule has 1 atom stereocenters. The molecule has 10 heavy (non-hydrogen) atoms. The Morgan fingerprint density at radius 1 is 1.60 bits per heavy atom. The summed E-state index contributed by atoms with van der Waals surface area (Å²) in [7, 11) is 4.61. The molecule has 0 bridgehead atoms. The highest BCUT2D eigenvalue weighted by molar-refractivity contribution is 7.23. The van der Waals surface area contributed by atoms with Crippen molar-refractivity contribution in [1.82, 2.24) is 5.32 Å². The molecular weight excluding hydrogens is 141 g/mol. The van der Waals surface area contributed by atoms with Gasteiger partial charge in [0.05, 0.1) is 0 Å². The summed E-state index contributed by atoms with van der Waals surface area (Å²) < 4.78 is 0. The van der Waals surface area contributed by atoms with E-state index >= 15 is 0 Å². The van der Waals surface area contributed by atoms with Crippen molar-refractivity contribution in [2.24, 2.45) is 0 Å². The van der Waals surface area contributed by atoms with Crippen molar-refractivity contribution in [3.63, 3.8) is 0 Å². The van der Waals surface area contributed by atoms with Gasteiger partial charge in [0, 0.05) is 12.7 Å². The van der Waals surface area contributed by atoms with Gasteiger partial charge >= 0.3 is 0 Å². The normalized spacial score (nSPS) is 12.4. The van der Waals surface area contributed by atoms with Gasteiger partial charge in [0.25, 0.3) is 0 Å². The summed E-state index contributed by atoms with van der Waals surface area (Å²) in [6.07, 6.45) is 1.01. The molecule has 0 aromatic carbocycles. The van der Waals surface area contributed by atoms with Gasteiger partial charge in [-0.05, 0) is 24.2 Å². The van der Waals surface area contributed by atoms with Crippen LogP contribution < -0.4 is 5.32 Å². The summed E-state index contributed by atoms with van der Waals surface area (Å²) >= 11 is 0. The number of rotatable bonds is 3. The lowest BCUT2D eigenvalue weighted by molar-refractivity contribution is 0.973. The summed E-state index contributed by atoms with van der Waals surface area (Å²) in [5.74, 6) is 0. The maximum absolute atomic E-state index is 3.92. The lowest BCUT2D eigenvalue weighted by atomic mass is 10.2. The van der Waals surface area contributed by atoms with Gasteiger partial charge in [-0.1, -0.05) is 13.5 Å². The van der Waals surface area contributed by atoms with Crippen molar-refractivity contribution < 1.29 is 0 Å². The fourth-order valence-corrected chi connectivity index (χ4v) is 0.939. The molecule has 0 saturated heterocycles. The third-order valence-corrected chi connectivity index (χ3v) is 2.43. The van der Waals surface area contributed by atoms with E-state index in [1.807, 2.05) is 14.0 Å². The monoisotopic (exact) mass is 157 g/mol. The van der Waals surface area contributed by atoms with Crippen LogP contribution in [0.4, 0.5) is 0 Å². The van der Waals surface area contributed by atoms with Crippen molar-refractivity contribution in [1.29, 1.82) is 0 Å². The van der Waals surface area contributed by atoms with Gasteiger partial charge in [-0.25, -0.2) is 0 Å². The van der Waals surface area contributed by atoms with E-state index in [4.69, 9.17) is 0 Å². The first-order valence-corrected chi connectivity index (χ1v) is 4.03. The Kier molecular flexibility index (Phi) is 4.38. The SMILES string of the molecule is C=C(CC)/C(P)=C(/C)NC. The molecule has 0 aliphatic carbocycles. The topological polar surface area (TPSA) is 12.0 Å². The van der Waals surface area contributed by atoms with E-state index in [0.29, 0.717) is 0 Å². The molecular formula is C8H16NP. The second-order valence-corrected chi connectivity index (χ2v) is 2.82. The quantitative estimate of drug-likeness (QED) is 0.489. The van der Waals surface area contributed by atoms with E-state index < -0.39 is 0 Å². The first-order valence-electron chi connectivity index (χ1n) is 3.45. The predicted octanol–water partition coefficient (Wildman–Crippen LogP) is 2.28.